The number of carbonyl (C=O) groups excluding carboxylic acids is 1. The highest BCUT2D eigenvalue weighted by Crippen LogP contribution is 2.25. The predicted octanol–water partition coefficient (Wildman–Crippen LogP) is 1.41. The maximum absolute atomic E-state index is 11.7. The zero-order chi connectivity index (χ0) is 13.7. The lowest BCUT2D eigenvalue weighted by molar-refractivity contribution is -0.127. The molecule has 0 saturated heterocycles. The number of carbonyl (C=O) groups is 1. The first-order valence-electron chi connectivity index (χ1n) is 6.97. The summed E-state index contributed by atoms with van der Waals surface area (Å²) in [6.07, 6.45) is 4.28. The highest BCUT2D eigenvalue weighted by Gasteiger charge is 2.15. The number of amides is 1. The first-order chi connectivity index (χ1) is 9.20. The Bertz CT molecular complexity index is 446. The molecule has 0 fully saturated rings. The molecule has 0 spiro atoms. The van der Waals surface area contributed by atoms with E-state index in [4.69, 9.17) is 10.5 Å². The minimum Gasteiger partial charge on any atom is -0.481 e. The van der Waals surface area contributed by atoms with Crippen molar-refractivity contribution in [2.75, 3.05) is 13.1 Å². The lowest BCUT2D eigenvalue weighted by atomic mass is 9.92. The molecule has 0 radical (unpaired) electrons. The molecule has 1 unspecified atom stereocenters. The molecule has 3 N–H and O–H groups in total. The quantitative estimate of drug-likeness (QED) is 0.843. The second-order valence-corrected chi connectivity index (χ2v) is 4.98. The zero-order valence-corrected chi connectivity index (χ0v) is 11.4. The fourth-order valence-corrected chi connectivity index (χ4v) is 2.38. The SMILES string of the molecule is CC(Oc1ccc2c(c1)CCCC2)C(=O)NCCN. The Labute approximate surface area is 114 Å². The lowest BCUT2D eigenvalue weighted by Gasteiger charge is -2.19. The van der Waals surface area contributed by atoms with Gasteiger partial charge in [-0.2, -0.15) is 0 Å². The molecule has 1 aromatic carbocycles. The van der Waals surface area contributed by atoms with Crippen molar-refractivity contribution in [1.82, 2.24) is 5.32 Å². The summed E-state index contributed by atoms with van der Waals surface area (Å²) in [4.78, 5) is 11.7. The molecule has 4 nitrogen and oxygen atoms in total. The Morgan fingerprint density at radius 1 is 1.37 bits per heavy atom. The van der Waals surface area contributed by atoms with E-state index in [0.29, 0.717) is 13.1 Å². The summed E-state index contributed by atoms with van der Waals surface area (Å²) in [5.74, 6) is 0.652. The van der Waals surface area contributed by atoms with Crippen molar-refractivity contribution in [2.24, 2.45) is 5.73 Å². The van der Waals surface area contributed by atoms with E-state index in [1.807, 2.05) is 6.07 Å². The predicted molar refractivity (Wildman–Crippen MR) is 75.2 cm³/mol. The van der Waals surface area contributed by atoms with Crippen LogP contribution in [0.1, 0.15) is 30.9 Å². The number of fused-ring (bicyclic) bond motifs is 1. The number of benzene rings is 1. The fourth-order valence-electron chi connectivity index (χ4n) is 2.38. The molecule has 19 heavy (non-hydrogen) atoms. The van der Waals surface area contributed by atoms with Gasteiger partial charge >= 0.3 is 0 Å². The van der Waals surface area contributed by atoms with Crippen LogP contribution >= 0.6 is 0 Å². The third kappa shape index (κ3) is 3.70. The van der Waals surface area contributed by atoms with Gasteiger partial charge in [0.05, 0.1) is 0 Å². The number of hydrogen-bond acceptors (Lipinski definition) is 3. The molecule has 1 aliphatic carbocycles. The molecule has 1 atom stereocenters. The van der Waals surface area contributed by atoms with E-state index in [9.17, 15) is 4.79 Å². The van der Waals surface area contributed by atoms with E-state index in [1.165, 1.54) is 24.0 Å². The summed E-state index contributed by atoms with van der Waals surface area (Å²) in [6.45, 7) is 2.68. The van der Waals surface area contributed by atoms with Crippen molar-refractivity contribution in [2.45, 2.75) is 38.7 Å². The molecule has 1 aromatic rings. The largest absolute Gasteiger partial charge is 0.481 e. The van der Waals surface area contributed by atoms with Crippen LogP contribution in [-0.2, 0) is 17.6 Å². The highest BCUT2D eigenvalue weighted by atomic mass is 16.5. The first kappa shape index (κ1) is 13.9. The summed E-state index contributed by atoms with van der Waals surface area (Å²) < 4.78 is 5.69. The monoisotopic (exact) mass is 262 g/mol. The first-order valence-corrected chi connectivity index (χ1v) is 6.97. The van der Waals surface area contributed by atoms with Gasteiger partial charge in [-0.05, 0) is 55.9 Å². The summed E-state index contributed by atoms with van der Waals surface area (Å²) in [7, 11) is 0. The summed E-state index contributed by atoms with van der Waals surface area (Å²) in [5, 5.41) is 2.73. The Morgan fingerprint density at radius 3 is 2.84 bits per heavy atom. The van der Waals surface area contributed by atoms with Crippen molar-refractivity contribution in [1.29, 1.82) is 0 Å². The second kappa shape index (κ2) is 6.57. The highest BCUT2D eigenvalue weighted by molar-refractivity contribution is 5.80. The van der Waals surface area contributed by atoms with Crippen LogP contribution in [0.15, 0.2) is 18.2 Å². The topological polar surface area (TPSA) is 64.3 Å². The number of nitrogens with two attached hydrogens (primary N) is 1. The summed E-state index contributed by atoms with van der Waals surface area (Å²) in [6, 6.07) is 6.15. The Hall–Kier alpha value is -1.55. The van der Waals surface area contributed by atoms with Gasteiger partial charge in [0.15, 0.2) is 6.10 Å². The minimum absolute atomic E-state index is 0.122. The third-order valence-electron chi connectivity index (χ3n) is 3.45. The van der Waals surface area contributed by atoms with E-state index < -0.39 is 6.10 Å². The fraction of sp³-hybridized carbons (Fsp3) is 0.533. The van der Waals surface area contributed by atoms with E-state index >= 15 is 0 Å². The number of nitrogens with one attached hydrogen (secondary N) is 1. The van der Waals surface area contributed by atoms with Gasteiger partial charge in [0.2, 0.25) is 0 Å². The van der Waals surface area contributed by atoms with Crippen LogP contribution in [0.4, 0.5) is 0 Å². The Morgan fingerprint density at radius 2 is 2.11 bits per heavy atom. The molecular weight excluding hydrogens is 240 g/mol. The Balaban J connectivity index is 1.97. The molecule has 104 valence electrons. The van der Waals surface area contributed by atoms with Crippen LogP contribution in [0, 0.1) is 0 Å². The van der Waals surface area contributed by atoms with Gasteiger partial charge in [0.25, 0.3) is 5.91 Å². The van der Waals surface area contributed by atoms with Crippen LogP contribution in [0.25, 0.3) is 0 Å². The molecular formula is C15H22N2O2. The number of aryl methyl sites for hydroxylation is 2. The minimum atomic E-state index is -0.492. The number of hydrogen-bond donors (Lipinski definition) is 2. The zero-order valence-electron chi connectivity index (χ0n) is 11.4. The van der Waals surface area contributed by atoms with Gasteiger partial charge in [-0.1, -0.05) is 6.07 Å². The average Bonchev–Trinajstić information content (AvgIpc) is 2.44. The van der Waals surface area contributed by atoms with E-state index in [2.05, 4.69) is 17.4 Å². The van der Waals surface area contributed by atoms with Crippen LogP contribution < -0.4 is 15.8 Å². The normalized spacial score (nSPS) is 15.5. The van der Waals surface area contributed by atoms with Crippen molar-refractivity contribution in [3.8, 4) is 5.75 Å². The van der Waals surface area contributed by atoms with Crippen molar-refractivity contribution in [3.63, 3.8) is 0 Å². The molecule has 2 rings (SSSR count). The standard InChI is InChI=1S/C15H22N2O2/c1-11(15(18)17-9-8-16)19-14-7-6-12-4-2-3-5-13(12)10-14/h6-7,10-11H,2-5,8-9,16H2,1H3,(H,17,18). The molecule has 0 saturated carbocycles. The van der Waals surface area contributed by atoms with Gasteiger partial charge in [0, 0.05) is 13.1 Å². The summed E-state index contributed by atoms with van der Waals surface area (Å²) >= 11 is 0. The van der Waals surface area contributed by atoms with Gasteiger partial charge < -0.3 is 15.8 Å². The lowest BCUT2D eigenvalue weighted by Crippen LogP contribution is -2.38. The molecule has 0 heterocycles. The van der Waals surface area contributed by atoms with Crippen LogP contribution in [0.3, 0.4) is 0 Å². The van der Waals surface area contributed by atoms with E-state index in [1.54, 1.807) is 6.92 Å². The van der Waals surface area contributed by atoms with Crippen molar-refractivity contribution < 1.29 is 9.53 Å². The average molecular weight is 262 g/mol. The summed E-state index contributed by atoms with van der Waals surface area (Å²) in [5.41, 5.74) is 8.13. The van der Waals surface area contributed by atoms with Crippen molar-refractivity contribution in [3.05, 3.63) is 29.3 Å². The number of rotatable bonds is 5. The maximum Gasteiger partial charge on any atom is 0.260 e. The van der Waals surface area contributed by atoms with Gasteiger partial charge in [0.1, 0.15) is 5.75 Å². The van der Waals surface area contributed by atoms with Crippen LogP contribution in [0.5, 0.6) is 5.75 Å². The van der Waals surface area contributed by atoms with Gasteiger partial charge in [-0.25, -0.2) is 0 Å². The van der Waals surface area contributed by atoms with Crippen molar-refractivity contribution >= 4 is 5.91 Å². The molecule has 1 amide bonds. The maximum atomic E-state index is 11.7. The molecule has 0 aromatic heterocycles. The van der Waals surface area contributed by atoms with Gasteiger partial charge in [-0.15, -0.1) is 0 Å². The Kier molecular flexibility index (Phi) is 4.80. The third-order valence-corrected chi connectivity index (χ3v) is 3.45. The molecule has 1 aliphatic rings. The van der Waals surface area contributed by atoms with E-state index in [-0.39, 0.29) is 5.91 Å². The number of ether oxygens (including phenoxy) is 1. The second-order valence-electron chi connectivity index (χ2n) is 4.98. The van der Waals surface area contributed by atoms with Gasteiger partial charge in [-0.3, -0.25) is 4.79 Å². The molecule has 4 heteroatoms. The van der Waals surface area contributed by atoms with Crippen LogP contribution in [-0.4, -0.2) is 25.1 Å². The molecule has 0 bridgehead atoms. The molecule has 0 aliphatic heterocycles. The smallest absolute Gasteiger partial charge is 0.260 e. The van der Waals surface area contributed by atoms with E-state index in [0.717, 1.165) is 18.6 Å². The van der Waals surface area contributed by atoms with Crippen LogP contribution in [0.2, 0.25) is 0 Å².